The van der Waals surface area contributed by atoms with Crippen LogP contribution >= 0.6 is 11.3 Å². The Morgan fingerprint density at radius 1 is 1.07 bits per heavy atom. The molecule has 0 unspecified atom stereocenters. The van der Waals surface area contributed by atoms with Crippen molar-refractivity contribution < 1.29 is 0 Å². The van der Waals surface area contributed by atoms with Gasteiger partial charge in [0.05, 0.1) is 10.9 Å². The summed E-state index contributed by atoms with van der Waals surface area (Å²) in [4.78, 5) is 18.5. The highest BCUT2D eigenvalue weighted by molar-refractivity contribution is 7.13. The molecule has 6 heterocycles. The van der Waals surface area contributed by atoms with Crippen molar-refractivity contribution in [2.45, 2.75) is 18.8 Å². The Hall–Kier alpha value is -3.10. The Morgan fingerprint density at radius 2 is 2.00 bits per heavy atom. The normalized spacial score (nSPS) is 15.4. The van der Waals surface area contributed by atoms with Crippen molar-refractivity contribution in [2.75, 3.05) is 13.1 Å². The van der Waals surface area contributed by atoms with E-state index in [0.717, 1.165) is 53.9 Å². The summed E-state index contributed by atoms with van der Waals surface area (Å²) < 4.78 is 0. The van der Waals surface area contributed by atoms with Crippen LogP contribution in [0.5, 0.6) is 0 Å². The van der Waals surface area contributed by atoms with Crippen molar-refractivity contribution >= 4 is 33.5 Å². The van der Waals surface area contributed by atoms with Crippen LogP contribution < -0.4 is 5.32 Å². The van der Waals surface area contributed by atoms with Crippen molar-refractivity contribution in [3.63, 3.8) is 0 Å². The van der Waals surface area contributed by atoms with Gasteiger partial charge in [0.1, 0.15) is 5.69 Å². The van der Waals surface area contributed by atoms with E-state index in [1.807, 2.05) is 18.5 Å². The summed E-state index contributed by atoms with van der Waals surface area (Å²) in [5.74, 6) is 1.28. The van der Waals surface area contributed by atoms with Gasteiger partial charge in [-0.1, -0.05) is 6.07 Å². The van der Waals surface area contributed by atoms with E-state index in [0.29, 0.717) is 17.2 Å². The molecule has 8 heteroatoms. The largest absolute Gasteiger partial charge is 0.335 e. The highest BCUT2D eigenvalue weighted by atomic mass is 32.1. The van der Waals surface area contributed by atoms with Crippen LogP contribution in [-0.2, 0) is 0 Å². The fraction of sp³-hybridized carbons (Fsp3) is 0.238. The first kappa shape index (κ1) is 16.8. The number of nitrogens with zero attached hydrogens (tertiary/aromatic N) is 4. The first-order valence-corrected chi connectivity index (χ1v) is 10.7. The summed E-state index contributed by atoms with van der Waals surface area (Å²) in [7, 11) is 0. The molecule has 0 amide bonds. The maximum absolute atomic E-state index is 4.75. The molecule has 5 aromatic rings. The molecule has 0 atom stereocenters. The third-order valence-electron chi connectivity index (χ3n) is 5.66. The number of fused-ring (bicyclic) bond motifs is 2. The molecule has 1 saturated heterocycles. The van der Waals surface area contributed by atoms with E-state index in [4.69, 9.17) is 4.98 Å². The molecule has 144 valence electrons. The smallest absolute Gasteiger partial charge is 0.181 e. The number of rotatable bonds is 3. The van der Waals surface area contributed by atoms with Gasteiger partial charge in [0.25, 0.3) is 0 Å². The molecule has 7 nitrogen and oxygen atoms in total. The zero-order valence-corrected chi connectivity index (χ0v) is 16.5. The van der Waals surface area contributed by atoms with E-state index < -0.39 is 0 Å². The minimum Gasteiger partial charge on any atom is -0.335 e. The van der Waals surface area contributed by atoms with Gasteiger partial charge in [0.2, 0.25) is 0 Å². The molecule has 3 N–H and O–H groups in total. The summed E-state index contributed by atoms with van der Waals surface area (Å²) in [5, 5.41) is 14.0. The minimum absolute atomic E-state index is 0.540. The summed E-state index contributed by atoms with van der Waals surface area (Å²) in [6.45, 7) is 2.11. The molecule has 1 aliphatic rings. The van der Waals surface area contributed by atoms with E-state index in [1.165, 1.54) is 10.4 Å². The van der Waals surface area contributed by atoms with Crippen LogP contribution in [0.25, 0.3) is 44.2 Å². The zero-order chi connectivity index (χ0) is 19.2. The SMILES string of the molecule is c1csc(-c2ccnc3nc(-c4[nH]nc5ncc(C6CCNCC6)cc45)[nH]c23)c1. The van der Waals surface area contributed by atoms with Gasteiger partial charge in [-0.15, -0.1) is 11.3 Å². The number of aromatic nitrogens is 6. The van der Waals surface area contributed by atoms with Crippen LogP contribution in [0, 0.1) is 0 Å². The highest BCUT2D eigenvalue weighted by Gasteiger charge is 2.19. The van der Waals surface area contributed by atoms with Crippen molar-refractivity contribution in [3.05, 3.63) is 47.6 Å². The second-order valence-corrected chi connectivity index (χ2v) is 8.33. The van der Waals surface area contributed by atoms with Crippen molar-refractivity contribution in [2.24, 2.45) is 0 Å². The lowest BCUT2D eigenvalue weighted by Gasteiger charge is -2.22. The molecule has 0 aromatic carbocycles. The Morgan fingerprint density at radius 3 is 2.86 bits per heavy atom. The van der Waals surface area contributed by atoms with Crippen LogP contribution in [0.4, 0.5) is 0 Å². The lowest BCUT2D eigenvalue weighted by Crippen LogP contribution is -2.26. The number of hydrogen-bond acceptors (Lipinski definition) is 6. The van der Waals surface area contributed by atoms with Gasteiger partial charge in [-0.3, -0.25) is 5.10 Å². The Bertz CT molecular complexity index is 1300. The number of aromatic amines is 2. The lowest BCUT2D eigenvalue weighted by molar-refractivity contribution is 0.460. The van der Waals surface area contributed by atoms with Gasteiger partial charge in [-0.2, -0.15) is 5.10 Å². The van der Waals surface area contributed by atoms with Gasteiger partial charge < -0.3 is 10.3 Å². The maximum atomic E-state index is 4.75. The summed E-state index contributed by atoms with van der Waals surface area (Å²) >= 11 is 1.71. The summed E-state index contributed by atoms with van der Waals surface area (Å²) in [6, 6.07) is 8.41. The molecule has 1 aliphatic heterocycles. The number of thiophene rings is 1. The average Bonchev–Trinajstić information content (AvgIpc) is 3.52. The lowest BCUT2D eigenvalue weighted by atomic mass is 9.91. The van der Waals surface area contributed by atoms with Crippen LogP contribution in [0.2, 0.25) is 0 Å². The van der Waals surface area contributed by atoms with Crippen molar-refractivity contribution in [1.82, 2.24) is 35.5 Å². The quantitative estimate of drug-likeness (QED) is 0.423. The highest BCUT2D eigenvalue weighted by Crippen LogP contribution is 2.33. The van der Waals surface area contributed by atoms with Crippen molar-refractivity contribution in [3.8, 4) is 22.0 Å². The molecule has 6 rings (SSSR count). The van der Waals surface area contributed by atoms with Gasteiger partial charge >= 0.3 is 0 Å². The van der Waals surface area contributed by atoms with E-state index >= 15 is 0 Å². The number of nitrogens with one attached hydrogen (secondary N) is 3. The van der Waals surface area contributed by atoms with Crippen LogP contribution in [0.15, 0.2) is 42.0 Å². The van der Waals surface area contributed by atoms with Gasteiger partial charge in [0, 0.05) is 22.8 Å². The standard InChI is InChI=1S/C21H19N7S/c1-2-16(29-9-1)14-5-8-23-20-17(14)25-21(26-20)18-15-10-13(11-24-19(15)28-27-18)12-3-6-22-7-4-12/h1-2,5,8-12,22H,3-4,6-7H2,(H,23,25,26)(H,24,27,28). The van der Waals surface area contributed by atoms with Crippen LogP contribution in [0.3, 0.4) is 0 Å². The van der Waals surface area contributed by atoms with E-state index in [2.05, 4.69) is 54.0 Å². The number of H-pyrrole nitrogens is 2. The monoisotopic (exact) mass is 401 g/mol. The molecule has 1 fully saturated rings. The topological polar surface area (TPSA) is 95.2 Å². The number of pyridine rings is 2. The number of hydrogen-bond donors (Lipinski definition) is 3. The molecular weight excluding hydrogens is 382 g/mol. The van der Waals surface area contributed by atoms with Crippen molar-refractivity contribution in [1.29, 1.82) is 0 Å². The molecule has 0 bridgehead atoms. The molecule has 29 heavy (non-hydrogen) atoms. The molecule has 5 aromatic heterocycles. The van der Waals surface area contributed by atoms with E-state index in [-0.39, 0.29) is 0 Å². The number of imidazole rings is 1. The molecule has 0 saturated carbocycles. The Balaban J connectivity index is 1.48. The fourth-order valence-electron chi connectivity index (χ4n) is 4.14. The van der Waals surface area contributed by atoms with Gasteiger partial charge in [-0.05, 0) is 61.0 Å². The fourth-order valence-corrected chi connectivity index (χ4v) is 4.90. The summed E-state index contributed by atoms with van der Waals surface area (Å²) in [5.41, 5.74) is 5.60. The Kier molecular flexibility index (Phi) is 3.92. The minimum atomic E-state index is 0.540. The van der Waals surface area contributed by atoms with Gasteiger partial charge in [0.15, 0.2) is 17.1 Å². The van der Waals surface area contributed by atoms with Gasteiger partial charge in [-0.25, -0.2) is 15.0 Å². The molecule has 0 aliphatic carbocycles. The third-order valence-corrected chi connectivity index (χ3v) is 6.56. The first-order valence-electron chi connectivity index (χ1n) is 9.80. The predicted molar refractivity (Wildman–Crippen MR) is 115 cm³/mol. The molecule has 0 radical (unpaired) electrons. The average molecular weight is 401 g/mol. The third kappa shape index (κ3) is 2.83. The second kappa shape index (κ2) is 6.75. The number of piperidine rings is 1. The zero-order valence-electron chi connectivity index (χ0n) is 15.6. The maximum Gasteiger partial charge on any atom is 0.181 e. The predicted octanol–water partition coefficient (Wildman–Crippen LogP) is 4.09. The summed E-state index contributed by atoms with van der Waals surface area (Å²) in [6.07, 6.45) is 6.06. The Labute approximate surface area is 170 Å². The molecule has 0 spiro atoms. The first-order chi connectivity index (χ1) is 14.4. The van der Waals surface area contributed by atoms with E-state index in [1.54, 1.807) is 11.3 Å². The second-order valence-electron chi connectivity index (χ2n) is 7.38. The van der Waals surface area contributed by atoms with Crippen LogP contribution in [0.1, 0.15) is 24.3 Å². The van der Waals surface area contributed by atoms with E-state index in [9.17, 15) is 0 Å². The molecular formula is C21H19N7S. The van der Waals surface area contributed by atoms with Crippen LogP contribution in [-0.4, -0.2) is 43.2 Å².